The molecule has 2 aromatic heterocycles. The SMILES string of the molecule is COS(=O)(=O)c1ccc2[nH]cc(CC(=O)Nc3nc4ccc(N5CCOCC5)cc4s3)c2c1. The van der Waals surface area contributed by atoms with E-state index in [9.17, 15) is 13.2 Å². The zero-order valence-corrected chi connectivity index (χ0v) is 19.5. The summed E-state index contributed by atoms with van der Waals surface area (Å²) < 4.78 is 35.1. The largest absolute Gasteiger partial charge is 0.378 e. The van der Waals surface area contributed by atoms with Crippen LogP contribution in [0.25, 0.3) is 21.1 Å². The molecule has 0 unspecified atom stereocenters. The molecule has 1 aliphatic rings. The van der Waals surface area contributed by atoms with Crippen molar-refractivity contribution in [3.8, 4) is 0 Å². The summed E-state index contributed by atoms with van der Waals surface area (Å²) in [6.45, 7) is 3.14. The second kappa shape index (κ2) is 8.75. The van der Waals surface area contributed by atoms with Gasteiger partial charge in [-0.15, -0.1) is 0 Å². The summed E-state index contributed by atoms with van der Waals surface area (Å²) in [6.07, 6.45) is 1.78. The summed E-state index contributed by atoms with van der Waals surface area (Å²) in [5, 5.41) is 4.05. The molecule has 172 valence electrons. The number of carbonyl (C=O) groups is 1. The smallest absolute Gasteiger partial charge is 0.296 e. The van der Waals surface area contributed by atoms with Crippen molar-refractivity contribution in [2.24, 2.45) is 0 Å². The van der Waals surface area contributed by atoms with E-state index in [1.807, 2.05) is 12.1 Å². The first-order valence-electron chi connectivity index (χ1n) is 10.4. The third-order valence-electron chi connectivity index (χ3n) is 5.59. The number of benzene rings is 2. The molecular formula is C22H22N4O5S2. The molecule has 1 saturated heterocycles. The van der Waals surface area contributed by atoms with E-state index in [1.165, 1.54) is 23.5 Å². The summed E-state index contributed by atoms with van der Waals surface area (Å²) in [7, 11) is -2.70. The van der Waals surface area contributed by atoms with Crippen LogP contribution in [-0.4, -0.2) is 57.7 Å². The van der Waals surface area contributed by atoms with Gasteiger partial charge in [0.25, 0.3) is 10.1 Å². The molecular weight excluding hydrogens is 464 g/mol. The number of H-pyrrole nitrogens is 1. The second-order valence-corrected chi connectivity index (χ2v) is 10.4. The van der Waals surface area contributed by atoms with Gasteiger partial charge in [-0.2, -0.15) is 8.42 Å². The fourth-order valence-electron chi connectivity index (χ4n) is 3.88. The lowest BCUT2D eigenvalue weighted by Gasteiger charge is -2.28. The maximum Gasteiger partial charge on any atom is 0.296 e. The zero-order valence-electron chi connectivity index (χ0n) is 17.8. The van der Waals surface area contributed by atoms with Crippen LogP contribution >= 0.6 is 11.3 Å². The van der Waals surface area contributed by atoms with E-state index in [-0.39, 0.29) is 17.2 Å². The Balaban J connectivity index is 1.33. The summed E-state index contributed by atoms with van der Waals surface area (Å²) in [5.74, 6) is -0.233. The molecule has 5 rings (SSSR count). The van der Waals surface area contributed by atoms with E-state index in [1.54, 1.807) is 12.3 Å². The molecule has 0 atom stereocenters. The Morgan fingerprint density at radius 1 is 1.24 bits per heavy atom. The van der Waals surface area contributed by atoms with Crippen LogP contribution in [0.15, 0.2) is 47.5 Å². The topological polar surface area (TPSA) is 114 Å². The van der Waals surface area contributed by atoms with Crippen molar-refractivity contribution in [2.45, 2.75) is 11.3 Å². The van der Waals surface area contributed by atoms with Gasteiger partial charge in [-0.1, -0.05) is 11.3 Å². The van der Waals surface area contributed by atoms with Crippen molar-refractivity contribution in [1.82, 2.24) is 9.97 Å². The van der Waals surface area contributed by atoms with Gasteiger partial charge in [-0.3, -0.25) is 8.98 Å². The van der Waals surface area contributed by atoms with Crippen LogP contribution in [0.3, 0.4) is 0 Å². The van der Waals surface area contributed by atoms with Crippen LogP contribution in [0.4, 0.5) is 10.8 Å². The van der Waals surface area contributed by atoms with Crippen molar-refractivity contribution >= 4 is 59.3 Å². The number of nitrogens with zero attached hydrogens (tertiary/aromatic N) is 2. The number of rotatable bonds is 6. The first kappa shape index (κ1) is 21.8. The molecule has 0 saturated carbocycles. The summed E-state index contributed by atoms with van der Waals surface area (Å²) in [6, 6.07) is 10.7. The maximum absolute atomic E-state index is 12.7. The quantitative estimate of drug-likeness (QED) is 0.403. The number of aromatic amines is 1. The van der Waals surface area contributed by atoms with Crippen molar-refractivity contribution in [1.29, 1.82) is 0 Å². The molecule has 9 nitrogen and oxygen atoms in total. The van der Waals surface area contributed by atoms with Crippen LogP contribution < -0.4 is 10.2 Å². The number of fused-ring (bicyclic) bond motifs is 2. The number of nitrogens with one attached hydrogen (secondary N) is 2. The minimum Gasteiger partial charge on any atom is -0.378 e. The van der Waals surface area contributed by atoms with E-state index in [0.717, 1.165) is 54.8 Å². The molecule has 11 heteroatoms. The lowest BCUT2D eigenvalue weighted by Crippen LogP contribution is -2.36. The van der Waals surface area contributed by atoms with Crippen LogP contribution in [0.1, 0.15) is 5.56 Å². The Bertz CT molecular complexity index is 1440. The average molecular weight is 487 g/mol. The van der Waals surface area contributed by atoms with Gasteiger partial charge in [0.15, 0.2) is 5.13 Å². The molecule has 2 N–H and O–H groups in total. The molecule has 0 bridgehead atoms. The van der Waals surface area contributed by atoms with Crippen molar-refractivity contribution in [2.75, 3.05) is 43.6 Å². The van der Waals surface area contributed by atoms with Crippen molar-refractivity contribution in [3.63, 3.8) is 0 Å². The number of hydrogen-bond donors (Lipinski definition) is 2. The number of carbonyl (C=O) groups excluding carboxylic acids is 1. The van der Waals surface area contributed by atoms with Gasteiger partial charge < -0.3 is 19.9 Å². The highest BCUT2D eigenvalue weighted by Crippen LogP contribution is 2.30. The third kappa shape index (κ3) is 4.44. The predicted molar refractivity (Wildman–Crippen MR) is 127 cm³/mol. The average Bonchev–Trinajstić information content (AvgIpc) is 3.42. The van der Waals surface area contributed by atoms with Crippen LogP contribution in [0, 0.1) is 0 Å². The first-order chi connectivity index (χ1) is 15.9. The molecule has 0 aliphatic carbocycles. The van der Waals surface area contributed by atoms with Gasteiger partial charge in [0.05, 0.1) is 41.9 Å². The fourth-order valence-corrected chi connectivity index (χ4v) is 5.48. The summed E-state index contributed by atoms with van der Waals surface area (Å²) in [4.78, 5) is 22.6. The molecule has 2 aromatic carbocycles. The van der Waals surface area contributed by atoms with E-state index in [0.29, 0.717) is 16.1 Å². The molecule has 1 amide bonds. The molecule has 1 fully saturated rings. The number of ether oxygens (including phenoxy) is 1. The Morgan fingerprint density at radius 2 is 2.06 bits per heavy atom. The highest BCUT2D eigenvalue weighted by molar-refractivity contribution is 7.86. The number of aromatic nitrogens is 2. The Kier molecular flexibility index (Phi) is 5.79. The molecule has 33 heavy (non-hydrogen) atoms. The van der Waals surface area contributed by atoms with Crippen LogP contribution in [-0.2, 0) is 30.3 Å². The number of anilines is 2. The Hall–Kier alpha value is -2.99. The van der Waals surface area contributed by atoms with Crippen molar-refractivity contribution < 1.29 is 22.1 Å². The van der Waals surface area contributed by atoms with Gasteiger partial charge in [0.2, 0.25) is 5.91 Å². The summed E-state index contributed by atoms with van der Waals surface area (Å²) >= 11 is 1.42. The van der Waals surface area contributed by atoms with Gasteiger partial charge >= 0.3 is 0 Å². The van der Waals surface area contributed by atoms with Gasteiger partial charge in [-0.25, -0.2) is 4.98 Å². The lowest BCUT2D eigenvalue weighted by molar-refractivity contribution is -0.115. The van der Waals surface area contributed by atoms with Gasteiger partial charge in [0, 0.05) is 35.9 Å². The first-order valence-corrected chi connectivity index (χ1v) is 12.6. The molecule has 0 radical (unpaired) electrons. The van der Waals surface area contributed by atoms with Gasteiger partial charge in [-0.05, 0) is 42.0 Å². The number of thiazole rings is 1. The van der Waals surface area contributed by atoms with E-state index >= 15 is 0 Å². The van der Waals surface area contributed by atoms with E-state index in [4.69, 9.17) is 4.74 Å². The van der Waals surface area contributed by atoms with E-state index in [2.05, 4.69) is 30.4 Å². The van der Waals surface area contributed by atoms with Crippen LogP contribution in [0.5, 0.6) is 0 Å². The number of hydrogen-bond acceptors (Lipinski definition) is 8. The monoisotopic (exact) mass is 486 g/mol. The molecule has 0 spiro atoms. The van der Waals surface area contributed by atoms with Gasteiger partial charge in [0.1, 0.15) is 0 Å². The van der Waals surface area contributed by atoms with Crippen molar-refractivity contribution in [3.05, 3.63) is 48.2 Å². The highest BCUT2D eigenvalue weighted by atomic mass is 32.2. The normalized spacial score (nSPS) is 14.8. The third-order valence-corrected chi connectivity index (χ3v) is 7.80. The summed E-state index contributed by atoms with van der Waals surface area (Å²) in [5.41, 5.74) is 3.37. The minimum atomic E-state index is -3.82. The van der Waals surface area contributed by atoms with Crippen LogP contribution in [0.2, 0.25) is 0 Å². The Labute approximate surface area is 194 Å². The standard InChI is InChI=1S/C22H22N4O5S2/c1-30-33(28,29)16-3-5-18-17(12-16)14(13-23-18)10-21(27)25-22-24-19-4-2-15(11-20(19)32-22)26-6-8-31-9-7-26/h2-5,11-13,23H,6-10H2,1H3,(H,24,25,27). The highest BCUT2D eigenvalue weighted by Gasteiger charge is 2.17. The fraction of sp³-hybridized carbons (Fsp3) is 0.273. The molecule has 1 aliphatic heterocycles. The Morgan fingerprint density at radius 3 is 2.85 bits per heavy atom. The second-order valence-electron chi connectivity index (χ2n) is 7.64. The lowest BCUT2D eigenvalue weighted by atomic mass is 10.1. The molecule has 3 heterocycles. The minimum absolute atomic E-state index is 0.0426. The zero-order chi connectivity index (χ0) is 23.0. The van der Waals surface area contributed by atoms with E-state index < -0.39 is 10.1 Å². The molecule has 4 aromatic rings. The predicted octanol–water partition coefficient (Wildman–Crippen LogP) is 3.13. The number of amides is 1. The number of morpholine rings is 1. The maximum atomic E-state index is 12.7.